The molecule has 0 radical (unpaired) electrons. The van der Waals surface area contributed by atoms with E-state index in [1.807, 2.05) is 44.4 Å². The molecule has 0 saturated heterocycles. The molecule has 0 saturated carbocycles. The van der Waals surface area contributed by atoms with Crippen LogP contribution in [0.5, 0.6) is 0 Å². The molecule has 1 amide bonds. The van der Waals surface area contributed by atoms with E-state index in [0.29, 0.717) is 30.4 Å². The van der Waals surface area contributed by atoms with Gasteiger partial charge >= 0.3 is 0 Å². The number of benzene rings is 1. The Morgan fingerprint density at radius 3 is 2.42 bits per heavy atom. The third-order valence-corrected chi connectivity index (χ3v) is 5.55. The Bertz CT molecular complexity index is 648. The van der Waals surface area contributed by atoms with Crippen molar-refractivity contribution in [1.82, 2.24) is 5.32 Å². The largest absolute Gasteiger partial charge is 0.355 e. The molecule has 0 bridgehead atoms. The van der Waals surface area contributed by atoms with Crippen LogP contribution in [0.1, 0.15) is 24.8 Å². The van der Waals surface area contributed by atoms with Crippen LogP contribution in [-0.4, -0.2) is 68.1 Å². The molecular weight excluding hydrogens is 372 g/mol. The number of carbonyl (C=O) groups is 1. The molecule has 0 aliphatic rings. The highest BCUT2D eigenvalue weighted by atomic mass is 32.2. The average Bonchev–Trinajstić information content (AvgIpc) is 2.56. The number of hydrogen-bond acceptors (Lipinski definition) is 4. The van der Waals surface area contributed by atoms with Gasteiger partial charge in [-0.1, -0.05) is 30.3 Å². The van der Waals surface area contributed by atoms with E-state index in [-0.39, 0.29) is 16.9 Å². The van der Waals surface area contributed by atoms with E-state index >= 15 is 0 Å². The number of quaternary nitrogens is 1. The zero-order valence-electron chi connectivity index (χ0n) is 15.6. The van der Waals surface area contributed by atoms with Gasteiger partial charge in [0.15, 0.2) is 0 Å². The number of nitrogens with one attached hydrogen (secondary N) is 1. The summed E-state index contributed by atoms with van der Waals surface area (Å²) in [5.41, 5.74) is 1.20. The van der Waals surface area contributed by atoms with Gasteiger partial charge in [0, 0.05) is 19.4 Å². The average molecular weight is 404 g/mol. The van der Waals surface area contributed by atoms with Crippen LogP contribution in [-0.2, 0) is 21.3 Å². The van der Waals surface area contributed by atoms with E-state index in [4.69, 9.17) is 4.55 Å². The molecule has 0 aliphatic carbocycles. The van der Waals surface area contributed by atoms with E-state index in [9.17, 15) is 13.2 Å². The monoisotopic (exact) mass is 403 g/mol. The summed E-state index contributed by atoms with van der Waals surface area (Å²) in [6, 6.07) is 10.0. The number of nitrogens with zero attached hydrogens (tertiary/aromatic N) is 1. The van der Waals surface area contributed by atoms with Crippen molar-refractivity contribution in [2.75, 3.05) is 39.5 Å². The molecule has 1 aromatic carbocycles. The highest BCUT2D eigenvalue weighted by Gasteiger charge is 2.17. The fourth-order valence-corrected chi connectivity index (χ4v) is 3.42. The smallest absolute Gasteiger partial charge is 0.265 e. The van der Waals surface area contributed by atoms with Crippen molar-refractivity contribution in [2.45, 2.75) is 30.9 Å². The summed E-state index contributed by atoms with van der Waals surface area (Å²) in [5.74, 6) is -0.269. The summed E-state index contributed by atoms with van der Waals surface area (Å²) in [7, 11) is 0.120. The van der Waals surface area contributed by atoms with Crippen LogP contribution in [0.25, 0.3) is 0 Å². The predicted molar refractivity (Wildman–Crippen MR) is 108 cm³/mol. The van der Waals surface area contributed by atoms with Crippen LogP contribution in [0.3, 0.4) is 0 Å². The molecule has 1 aromatic rings. The van der Waals surface area contributed by atoms with Crippen molar-refractivity contribution in [3.63, 3.8) is 0 Å². The van der Waals surface area contributed by atoms with Gasteiger partial charge in [0.25, 0.3) is 10.1 Å². The van der Waals surface area contributed by atoms with Gasteiger partial charge in [0.05, 0.1) is 38.2 Å². The van der Waals surface area contributed by atoms with Crippen LogP contribution in [0.2, 0.25) is 0 Å². The standard InChI is InChI=1S/C18H30N2O4S2/c1-20(2,14-7-15-26(22,23)24)13-6-12-19-18(21)17(25)11-10-16-8-4-3-5-9-16/h3-5,8-9,17H,6-7,10-15H2,1-2H3,(H2-,19,21,22,23,24,25)/p+1. The van der Waals surface area contributed by atoms with E-state index in [1.54, 1.807) is 0 Å². The summed E-state index contributed by atoms with van der Waals surface area (Å²) in [4.78, 5) is 12.1. The highest BCUT2D eigenvalue weighted by Crippen LogP contribution is 2.09. The van der Waals surface area contributed by atoms with Crippen molar-refractivity contribution >= 4 is 28.7 Å². The van der Waals surface area contributed by atoms with Gasteiger partial charge in [0.2, 0.25) is 5.91 Å². The topological polar surface area (TPSA) is 83.5 Å². The minimum Gasteiger partial charge on any atom is -0.355 e. The molecule has 6 nitrogen and oxygen atoms in total. The summed E-state index contributed by atoms with van der Waals surface area (Å²) >= 11 is 4.39. The Balaban J connectivity index is 2.19. The molecule has 0 aromatic heterocycles. The second-order valence-electron chi connectivity index (χ2n) is 7.21. The fourth-order valence-electron chi connectivity index (χ4n) is 2.70. The summed E-state index contributed by atoms with van der Waals surface area (Å²) in [6.07, 6.45) is 2.72. The van der Waals surface area contributed by atoms with Gasteiger partial charge in [-0.2, -0.15) is 21.0 Å². The van der Waals surface area contributed by atoms with Gasteiger partial charge in [-0.3, -0.25) is 9.35 Å². The molecule has 26 heavy (non-hydrogen) atoms. The molecule has 0 aliphatic heterocycles. The molecule has 0 fully saturated rings. The quantitative estimate of drug-likeness (QED) is 0.215. The number of carbonyl (C=O) groups excluding carboxylic acids is 1. The number of rotatable bonds is 12. The number of amides is 1. The highest BCUT2D eigenvalue weighted by molar-refractivity contribution is 7.85. The maximum absolute atomic E-state index is 12.1. The molecule has 1 atom stereocenters. The molecule has 148 valence electrons. The number of aryl methyl sites for hydroxylation is 1. The third kappa shape index (κ3) is 10.8. The van der Waals surface area contributed by atoms with E-state index < -0.39 is 10.1 Å². The first-order chi connectivity index (χ1) is 12.1. The van der Waals surface area contributed by atoms with E-state index in [2.05, 4.69) is 17.9 Å². The maximum Gasteiger partial charge on any atom is 0.265 e. The first-order valence-corrected chi connectivity index (χ1v) is 11.0. The van der Waals surface area contributed by atoms with Crippen LogP contribution in [0, 0.1) is 0 Å². The van der Waals surface area contributed by atoms with Crippen LogP contribution < -0.4 is 5.32 Å². The van der Waals surface area contributed by atoms with Crippen molar-refractivity contribution in [1.29, 1.82) is 0 Å². The molecule has 2 N–H and O–H groups in total. The predicted octanol–water partition coefficient (Wildman–Crippen LogP) is 1.78. The van der Waals surface area contributed by atoms with Crippen molar-refractivity contribution in [3.8, 4) is 0 Å². The van der Waals surface area contributed by atoms with Gasteiger partial charge in [-0.25, -0.2) is 0 Å². The summed E-state index contributed by atoms with van der Waals surface area (Å²) in [5, 5.41) is 2.58. The van der Waals surface area contributed by atoms with Crippen LogP contribution in [0.4, 0.5) is 0 Å². The normalized spacial score (nSPS) is 13.4. The minimum atomic E-state index is -3.89. The second kappa shape index (κ2) is 10.9. The van der Waals surface area contributed by atoms with Crippen LogP contribution in [0.15, 0.2) is 30.3 Å². The minimum absolute atomic E-state index is 0.0547. The molecule has 0 spiro atoms. The maximum atomic E-state index is 12.1. The first kappa shape index (κ1) is 23.0. The lowest BCUT2D eigenvalue weighted by Gasteiger charge is -2.29. The molecule has 1 unspecified atom stereocenters. The third-order valence-electron chi connectivity index (χ3n) is 4.26. The lowest BCUT2D eigenvalue weighted by molar-refractivity contribution is -0.890. The van der Waals surface area contributed by atoms with Crippen molar-refractivity contribution < 1.29 is 22.2 Å². The lowest BCUT2D eigenvalue weighted by atomic mass is 10.1. The Morgan fingerprint density at radius 2 is 1.81 bits per heavy atom. The zero-order chi connectivity index (χ0) is 19.6. The summed E-state index contributed by atoms with van der Waals surface area (Å²) < 4.78 is 30.9. The number of thiol groups is 1. The van der Waals surface area contributed by atoms with Gasteiger partial charge < -0.3 is 9.80 Å². The Hall–Kier alpha value is -1.09. The van der Waals surface area contributed by atoms with Crippen molar-refractivity contribution in [2.24, 2.45) is 0 Å². The Labute approximate surface area is 162 Å². The lowest BCUT2D eigenvalue weighted by Crippen LogP contribution is -2.43. The first-order valence-electron chi connectivity index (χ1n) is 8.86. The number of hydrogen-bond donors (Lipinski definition) is 3. The van der Waals surface area contributed by atoms with Gasteiger partial charge in [-0.15, -0.1) is 0 Å². The van der Waals surface area contributed by atoms with Crippen molar-refractivity contribution in [3.05, 3.63) is 35.9 Å². The Morgan fingerprint density at radius 1 is 1.19 bits per heavy atom. The SMILES string of the molecule is C[N+](C)(CCCNC(=O)C(S)CCc1ccccc1)CCCS(=O)(=O)O. The van der Waals surface area contributed by atoms with E-state index in [0.717, 1.165) is 19.4 Å². The van der Waals surface area contributed by atoms with Crippen LogP contribution >= 0.6 is 12.6 Å². The molecule has 1 rings (SSSR count). The van der Waals surface area contributed by atoms with E-state index in [1.165, 1.54) is 5.56 Å². The zero-order valence-corrected chi connectivity index (χ0v) is 17.3. The molecular formula is C18H31N2O4S2+. The van der Waals surface area contributed by atoms with Gasteiger partial charge in [-0.05, 0) is 18.4 Å². The fraction of sp³-hybridized carbons (Fsp3) is 0.611. The summed E-state index contributed by atoms with van der Waals surface area (Å²) in [6.45, 7) is 2.04. The van der Waals surface area contributed by atoms with Gasteiger partial charge in [0.1, 0.15) is 0 Å². The second-order valence-corrected chi connectivity index (χ2v) is 9.40. The molecule has 8 heteroatoms. The Kier molecular flexibility index (Phi) is 9.63. The molecule has 0 heterocycles.